The first-order valence-corrected chi connectivity index (χ1v) is 6.48. The van der Waals surface area contributed by atoms with Crippen molar-refractivity contribution in [1.29, 1.82) is 0 Å². The number of nitrogens with two attached hydrogens (primary N) is 1. The van der Waals surface area contributed by atoms with Crippen LogP contribution in [0.2, 0.25) is 0 Å². The van der Waals surface area contributed by atoms with E-state index in [0.29, 0.717) is 19.1 Å². The molecule has 0 aromatic carbocycles. The average Bonchev–Trinajstić information content (AvgIpc) is 2.80. The van der Waals surface area contributed by atoms with E-state index in [4.69, 9.17) is 10.6 Å². The van der Waals surface area contributed by atoms with Crippen molar-refractivity contribution < 1.29 is 4.74 Å². The van der Waals surface area contributed by atoms with Crippen molar-refractivity contribution in [1.82, 2.24) is 10.7 Å². The fourth-order valence-corrected chi connectivity index (χ4v) is 2.11. The Balaban J connectivity index is 2.36. The lowest BCUT2D eigenvalue weighted by molar-refractivity contribution is 0.208. The minimum absolute atomic E-state index is 0.280. The summed E-state index contributed by atoms with van der Waals surface area (Å²) in [6, 6.07) is 2.41. The van der Waals surface area contributed by atoms with Crippen molar-refractivity contribution in [2.45, 2.75) is 19.4 Å². The maximum atomic E-state index is 5.39. The van der Waals surface area contributed by atoms with Crippen LogP contribution in [-0.4, -0.2) is 32.3 Å². The van der Waals surface area contributed by atoms with Crippen LogP contribution >= 0.6 is 11.3 Å². The Hall–Kier alpha value is -1.11. The normalized spacial score (nSPS) is 13.5. The van der Waals surface area contributed by atoms with Crippen LogP contribution in [-0.2, 0) is 11.2 Å². The molecule has 1 atom stereocenters. The zero-order chi connectivity index (χ0) is 12.5. The molecule has 6 heteroatoms. The van der Waals surface area contributed by atoms with Gasteiger partial charge in [-0.2, -0.15) is 11.3 Å². The third-order valence-corrected chi connectivity index (χ3v) is 2.94. The molecule has 17 heavy (non-hydrogen) atoms. The number of hydrogen-bond donors (Lipinski definition) is 3. The second kappa shape index (κ2) is 8.05. The van der Waals surface area contributed by atoms with E-state index in [-0.39, 0.29) is 6.04 Å². The number of hydrazine groups is 1. The molecule has 96 valence electrons. The lowest BCUT2D eigenvalue weighted by atomic mass is 10.1. The highest BCUT2D eigenvalue weighted by molar-refractivity contribution is 7.07. The predicted molar refractivity (Wildman–Crippen MR) is 72.1 cm³/mol. The molecule has 0 aliphatic heterocycles. The molecule has 0 saturated heterocycles. The van der Waals surface area contributed by atoms with Gasteiger partial charge in [0.25, 0.3) is 0 Å². The van der Waals surface area contributed by atoms with Gasteiger partial charge in [-0.3, -0.25) is 5.43 Å². The highest BCUT2D eigenvalue weighted by Crippen LogP contribution is 2.08. The van der Waals surface area contributed by atoms with Gasteiger partial charge in [-0.15, -0.1) is 0 Å². The molecule has 0 aliphatic rings. The molecule has 0 radical (unpaired) electrons. The Labute approximate surface area is 106 Å². The first kappa shape index (κ1) is 14.0. The molecule has 1 aromatic rings. The number of aliphatic imine (C=N–C) groups is 1. The summed E-state index contributed by atoms with van der Waals surface area (Å²) in [7, 11) is 1.65. The van der Waals surface area contributed by atoms with Gasteiger partial charge in [0.1, 0.15) is 0 Å². The molecule has 1 heterocycles. The molecule has 1 unspecified atom stereocenters. The van der Waals surface area contributed by atoms with Crippen molar-refractivity contribution in [3.63, 3.8) is 0 Å². The topological polar surface area (TPSA) is 71.7 Å². The largest absolute Gasteiger partial charge is 0.383 e. The third-order valence-electron chi connectivity index (χ3n) is 2.21. The van der Waals surface area contributed by atoms with Crippen LogP contribution in [0.5, 0.6) is 0 Å². The monoisotopic (exact) mass is 256 g/mol. The molecule has 0 bridgehead atoms. The van der Waals surface area contributed by atoms with Crippen molar-refractivity contribution in [2.24, 2.45) is 10.8 Å². The first-order valence-electron chi connectivity index (χ1n) is 5.54. The van der Waals surface area contributed by atoms with Crippen LogP contribution in [0.25, 0.3) is 0 Å². The van der Waals surface area contributed by atoms with Crippen molar-refractivity contribution in [3.8, 4) is 0 Å². The number of rotatable bonds is 6. The summed E-state index contributed by atoms with van der Waals surface area (Å²) >= 11 is 1.71. The van der Waals surface area contributed by atoms with E-state index in [1.54, 1.807) is 18.4 Å². The van der Waals surface area contributed by atoms with Gasteiger partial charge in [-0.1, -0.05) is 0 Å². The smallest absolute Gasteiger partial charge is 0.206 e. The van der Waals surface area contributed by atoms with Crippen molar-refractivity contribution >= 4 is 17.3 Å². The Morgan fingerprint density at radius 2 is 2.47 bits per heavy atom. The fraction of sp³-hybridized carbons (Fsp3) is 0.545. The van der Waals surface area contributed by atoms with Crippen molar-refractivity contribution in [3.05, 3.63) is 22.4 Å². The maximum Gasteiger partial charge on any atom is 0.206 e. The number of nitrogens with one attached hydrogen (secondary N) is 2. The molecule has 4 N–H and O–H groups in total. The van der Waals surface area contributed by atoms with E-state index in [9.17, 15) is 0 Å². The Morgan fingerprint density at radius 1 is 1.65 bits per heavy atom. The fourth-order valence-electron chi connectivity index (χ4n) is 1.43. The average molecular weight is 256 g/mol. The standard InChI is InChI=1S/C11H20N4OS/c1-9(7-10-3-6-17-8-10)14-11(15-12)13-4-5-16-2/h3,6,8-9H,4-5,7,12H2,1-2H3,(H2,13,14,15). The summed E-state index contributed by atoms with van der Waals surface area (Å²) in [6.07, 6.45) is 0.953. The molecule has 0 fully saturated rings. The molecular formula is C11H20N4OS. The van der Waals surface area contributed by atoms with E-state index >= 15 is 0 Å². The predicted octanol–water partition coefficient (Wildman–Crippen LogP) is 0.734. The number of nitrogens with zero attached hydrogens (tertiary/aromatic N) is 1. The van der Waals surface area contributed by atoms with Crippen LogP contribution in [0.4, 0.5) is 0 Å². The second-order valence-corrected chi connectivity index (χ2v) is 4.53. The third kappa shape index (κ3) is 5.67. The molecule has 0 saturated carbocycles. The maximum absolute atomic E-state index is 5.39. The SMILES string of the molecule is COCCN=C(NN)NC(C)Cc1ccsc1. The van der Waals surface area contributed by atoms with Gasteiger partial charge in [-0.05, 0) is 35.7 Å². The molecule has 5 nitrogen and oxygen atoms in total. The Bertz CT molecular complexity index is 326. The minimum Gasteiger partial charge on any atom is -0.383 e. The highest BCUT2D eigenvalue weighted by atomic mass is 32.1. The summed E-state index contributed by atoms with van der Waals surface area (Å²) in [5.41, 5.74) is 3.88. The van der Waals surface area contributed by atoms with Gasteiger partial charge >= 0.3 is 0 Å². The van der Waals surface area contributed by atoms with Crippen LogP contribution in [0.15, 0.2) is 21.8 Å². The van der Waals surface area contributed by atoms with Gasteiger partial charge in [0.2, 0.25) is 5.96 Å². The van der Waals surface area contributed by atoms with Crippen molar-refractivity contribution in [2.75, 3.05) is 20.3 Å². The summed E-state index contributed by atoms with van der Waals surface area (Å²) in [6.45, 7) is 3.28. The summed E-state index contributed by atoms with van der Waals surface area (Å²) in [4.78, 5) is 4.25. The molecular weight excluding hydrogens is 236 g/mol. The van der Waals surface area contributed by atoms with E-state index in [2.05, 4.69) is 39.5 Å². The quantitative estimate of drug-likeness (QED) is 0.231. The van der Waals surface area contributed by atoms with Crippen LogP contribution in [0.3, 0.4) is 0 Å². The Kier molecular flexibility index (Phi) is 6.61. The first-order chi connectivity index (χ1) is 8.26. The van der Waals surface area contributed by atoms with Crippen LogP contribution < -0.4 is 16.6 Å². The molecule has 0 spiro atoms. The molecule has 1 aromatic heterocycles. The second-order valence-electron chi connectivity index (χ2n) is 3.75. The minimum atomic E-state index is 0.280. The lowest BCUT2D eigenvalue weighted by Gasteiger charge is -2.15. The van der Waals surface area contributed by atoms with Gasteiger partial charge in [0.05, 0.1) is 13.2 Å². The number of ether oxygens (including phenoxy) is 1. The summed E-state index contributed by atoms with van der Waals surface area (Å²) in [5, 5.41) is 7.46. The van der Waals surface area contributed by atoms with E-state index < -0.39 is 0 Å². The molecule has 0 aliphatic carbocycles. The zero-order valence-electron chi connectivity index (χ0n) is 10.3. The summed E-state index contributed by atoms with van der Waals surface area (Å²) in [5.74, 6) is 6.00. The van der Waals surface area contributed by atoms with Crippen LogP contribution in [0.1, 0.15) is 12.5 Å². The number of thiophene rings is 1. The number of methoxy groups -OCH3 is 1. The van der Waals surface area contributed by atoms with Gasteiger partial charge in [-0.25, -0.2) is 10.8 Å². The summed E-state index contributed by atoms with van der Waals surface area (Å²) < 4.78 is 4.92. The van der Waals surface area contributed by atoms with Gasteiger partial charge in [0, 0.05) is 13.2 Å². The van der Waals surface area contributed by atoms with Gasteiger partial charge < -0.3 is 10.1 Å². The Morgan fingerprint density at radius 3 is 3.06 bits per heavy atom. The van der Waals surface area contributed by atoms with E-state index in [0.717, 1.165) is 6.42 Å². The molecule has 1 rings (SSSR count). The highest BCUT2D eigenvalue weighted by Gasteiger charge is 2.05. The number of guanidine groups is 1. The lowest BCUT2D eigenvalue weighted by Crippen LogP contribution is -2.46. The van der Waals surface area contributed by atoms with Gasteiger partial charge in [0.15, 0.2) is 0 Å². The van der Waals surface area contributed by atoms with E-state index in [1.165, 1.54) is 5.56 Å². The molecule has 0 amide bonds. The van der Waals surface area contributed by atoms with Crippen LogP contribution in [0, 0.1) is 0 Å². The zero-order valence-corrected chi connectivity index (χ0v) is 11.1. The van der Waals surface area contributed by atoms with E-state index in [1.807, 2.05) is 0 Å². The number of hydrogen-bond acceptors (Lipinski definition) is 4.